The van der Waals surface area contributed by atoms with Gasteiger partial charge >= 0.3 is 5.97 Å². The number of hydrogen-bond acceptors (Lipinski definition) is 6. The highest BCUT2D eigenvalue weighted by Crippen LogP contribution is 2.76. The second kappa shape index (κ2) is 4.74. The number of methoxy groups -OCH3 is 1. The number of ether oxygens (including phenoxy) is 2. The monoisotopic (exact) mass is 368 g/mol. The van der Waals surface area contributed by atoms with E-state index in [-0.39, 0.29) is 18.0 Å². The lowest BCUT2D eigenvalue weighted by molar-refractivity contribution is -0.328. The van der Waals surface area contributed by atoms with Crippen LogP contribution in [-0.2, 0) is 19.7 Å². The molecule has 1 aromatic carbocycles. The molecule has 6 bridgehead atoms. The lowest BCUT2D eigenvalue weighted by Crippen LogP contribution is -2.81. The van der Waals surface area contributed by atoms with Crippen molar-refractivity contribution in [2.45, 2.75) is 43.2 Å². The number of nitrogens with one attached hydrogen (secondary N) is 1. The van der Waals surface area contributed by atoms with Crippen LogP contribution in [0.25, 0.3) is 0 Å². The van der Waals surface area contributed by atoms with Gasteiger partial charge in [-0.1, -0.05) is 29.8 Å². The van der Waals surface area contributed by atoms with Crippen LogP contribution >= 0.6 is 0 Å². The Morgan fingerprint density at radius 1 is 1.44 bits per heavy atom. The number of aliphatic hydroxyl groups is 1. The van der Waals surface area contributed by atoms with Gasteiger partial charge in [0.2, 0.25) is 0 Å². The third kappa shape index (κ3) is 1.33. The maximum absolute atomic E-state index is 13.6. The summed E-state index contributed by atoms with van der Waals surface area (Å²) in [5.41, 5.74) is 1.13. The second-order valence-electron chi connectivity index (χ2n) is 8.50. The maximum atomic E-state index is 13.6. The van der Waals surface area contributed by atoms with Gasteiger partial charge in [0.15, 0.2) is 6.29 Å². The van der Waals surface area contributed by atoms with Crippen molar-refractivity contribution in [3.05, 3.63) is 41.5 Å². The first-order valence-electron chi connectivity index (χ1n) is 9.77. The molecule has 1 saturated carbocycles. The largest absolute Gasteiger partial charge is 0.468 e. The third-order valence-electron chi connectivity index (χ3n) is 8.19. The first kappa shape index (κ1) is 16.1. The summed E-state index contributed by atoms with van der Waals surface area (Å²) in [6, 6.07) is 8.23. The number of nitrogens with zero attached hydrogens (tertiary/aromatic N) is 1. The van der Waals surface area contributed by atoms with E-state index in [1.165, 1.54) is 12.7 Å². The van der Waals surface area contributed by atoms with Gasteiger partial charge in [-0.05, 0) is 31.4 Å². The number of anilines is 1. The zero-order valence-corrected chi connectivity index (χ0v) is 15.6. The van der Waals surface area contributed by atoms with E-state index in [0.717, 1.165) is 30.8 Å². The molecule has 6 fully saturated rings. The van der Waals surface area contributed by atoms with Crippen molar-refractivity contribution in [2.24, 2.45) is 11.3 Å². The van der Waals surface area contributed by atoms with Crippen LogP contribution in [0, 0.1) is 11.3 Å². The zero-order chi connectivity index (χ0) is 18.6. The maximum Gasteiger partial charge on any atom is 0.318 e. The van der Waals surface area contributed by atoms with E-state index in [4.69, 9.17) is 9.47 Å². The summed E-state index contributed by atoms with van der Waals surface area (Å²) in [5.74, 6) is -0.445. The van der Waals surface area contributed by atoms with Gasteiger partial charge in [0.25, 0.3) is 0 Å². The zero-order valence-electron chi connectivity index (χ0n) is 15.6. The predicted molar refractivity (Wildman–Crippen MR) is 97.9 cm³/mol. The Hall–Kier alpha value is -1.89. The molecule has 7 atom stereocenters. The number of benzene rings is 1. The molecule has 6 heteroatoms. The molecule has 1 aliphatic carbocycles. The first-order chi connectivity index (χ1) is 13.1. The average molecular weight is 368 g/mol. The molecule has 4 unspecified atom stereocenters. The molecular formula is C21H24N2O4. The Morgan fingerprint density at radius 3 is 3.04 bits per heavy atom. The summed E-state index contributed by atoms with van der Waals surface area (Å²) in [5, 5.41) is 15.1. The molecule has 0 aromatic heterocycles. The van der Waals surface area contributed by atoms with Gasteiger partial charge in [-0.3, -0.25) is 9.69 Å². The average Bonchev–Trinajstić information content (AvgIpc) is 3.12. The van der Waals surface area contributed by atoms with Crippen molar-refractivity contribution in [2.75, 3.05) is 25.5 Å². The Bertz CT molecular complexity index is 900. The minimum atomic E-state index is -1.18. The van der Waals surface area contributed by atoms with E-state index >= 15 is 0 Å². The Balaban J connectivity index is 1.78. The van der Waals surface area contributed by atoms with Gasteiger partial charge in [-0.15, -0.1) is 0 Å². The molecule has 1 aromatic rings. The molecule has 8 rings (SSSR count). The van der Waals surface area contributed by atoms with Crippen molar-refractivity contribution in [1.29, 1.82) is 0 Å². The van der Waals surface area contributed by atoms with Crippen LogP contribution in [0.4, 0.5) is 5.69 Å². The lowest BCUT2D eigenvalue weighted by atomic mass is 9.43. The number of allylic oxidation sites excluding steroid dienone is 1. The summed E-state index contributed by atoms with van der Waals surface area (Å²) in [6.07, 6.45) is 2.27. The van der Waals surface area contributed by atoms with Crippen molar-refractivity contribution in [3.8, 4) is 0 Å². The highest BCUT2D eigenvalue weighted by molar-refractivity contribution is 5.86. The standard InChI is InChI=1S/C21H24N2O4/c1-3-12-11-23-9-8-19-13-6-4-5-7-15(13)22-21(19,23)16-10-14(12)20(19,17(24)26-2)18(25)27-16/h3-7,14,16,18,22,25H,8-11H2,1-2H3/b12-3-/t14-,16-,18?,19?,20?,21+/m1/s1. The van der Waals surface area contributed by atoms with Gasteiger partial charge in [-0.2, -0.15) is 0 Å². The van der Waals surface area contributed by atoms with Gasteiger partial charge in [-0.25, -0.2) is 0 Å². The summed E-state index contributed by atoms with van der Waals surface area (Å²) in [6.45, 7) is 3.67. The molecule has 0 radical (unpaired) electrons. The minimum absolute atomic E-state index is 0.0879. The molecule has 7 aliphatic rings. The van der Waals surface area contributed by atoms with Crippen LogP contribution in [0.2, 0.25) is 0 Å². The molecular weight excluding hydrogens is 344 g/mol. The van der Waals surface area contributed by atoms with E-state index in [9.17, 15) is 9.90 Å². The van der Waals surface area contributed by atoms with E-state index in [2.05, 4.69) is 28.4 Å². The van der Waals surface area contributed by atoms with Crippen LogP contribution < -0.4 is 5.32 Å². The van der Waals surface area contributed by atoms with E-state index in [1.54, 1.807) is 0 Å². The summed E-state index contributed by atoms with van der Waals surface area (Å²) in [4.78, 5) is 16.0. The van der Waals surface area contributed by atoms with Crippen molar-refractivity contribution < 1.29 is 19.4 Å². The van der Waals surface area contributed by atoms with Gasteiger partial charge in [0, 0.05) is 24.7 Å². The Morgan fingerprint density at radius 2 is 2.26 bits per heavy atom. The summed E-state index contributed by atoms with van der Waals surface area (Å²) >= 11 is 0. The Labute approximate surface area is 158 Å². The van der Waals surface area contributed by atoms with Crippen LogP contribution in [-0.4, -0.2) is 54.2 Å². The van der Waals surface area contributed by atoms with Gasteiger partial charge in [0.05, 0.1) is 18.6 Å². The predicted octanol–water partition coefficient (Wildman–Crippen LogP) is 1.61. The SMILES string of the molecule is C/C=C1/CN2CCC34c5ccccc5N[C@@]23[C@H]2C[C@H]1C4(C(=O)OC)C(O)O2. The number of carbonyl (C=O) groups is 1. The second-order valence-corrected chi connectivity index (χ2v) is 8.50. The van der Waals surface area contributed by atoms with Crippen LogP contribution in [0.3, 0.4) is 0 Å². The van der Waals surface area contributed by atoms with Crippen molar-refractivity contribution in [3.63, 3.8) is 0 Å². The number of aliphatic hydroxyl groups excluding tert-OH is 1. The molecule has 0 amide bonds. The third-order valence-corrected chi connectivity index (χ3v) is 8.19. The molecule has 6 nitrogen and oxygen atoms in total. The number of esters is 1. The number of rotatable bonds is 1. The number of carbonyl (C=O) groups excluding carboxylic acids is 1. The fraction of sp³-hybridized carbons (Fsp3) is 0.571. The number of fused-ring (bicyclic) bond motifs is 3. The van der Waals surface area contributed by atoms with Crippen molar-refractivity contribution >= 4 is 11.7 Å². The van der Waals surface area contributed by atoms with Crippen molar-refractivity contribution in [1.82, 2.24) is 4.90 Å². The smallest absolute Gasteiger partial charge is 0.318 e. The molecule has 27 heavy (non-hydrogen) atoms. The quantitative estimate of drug-likeness (QED) is 0.580. The van der Waals surface area contributed by atoms with Gasteiger partial charge in [0.1, 0.15) is 11.1 Å². The van der Waals surface area contributed by atoms with E-state index < -0.39 is 22.8 Å². The van der Waals surface area contributed by atoms with E-state index in [0.29, 0.717) is 6.42 Å². The fourth-order valence-electron chi connectivity index (χ4n) is 7.46. The molecule has 1 spiro atoms. The van der Waals surface area contributed by atoms with Crippen LogP contribution in [0.5, 0.6) is 0 Å². The summed E-state index contributed by atoms with van der Waals surface area (Å²) in [7, 11) is 1.42. The number of para-hydroxylation sites is 1. The highest BCUT2D eigenvalue weighted by Gasteiger charge is 2.88. The van der Waals surface area contributed by atoms with Crippen LogP contribution in [0.15, 0.2) is 35.9 Å². The van der Waals surface area contributed by atoms with Gasteiger partial charge < -0.3 is 19.9 Å². The Kier molecular flexibility index (Phi) is 2.83. The first-order valence-corrected chi connectivity index (χ1v) is 9.77. The molecule has 6 heterocycles. The fourth-order valence-corrected chi connectivity index (χ4v) is 7.46. The molecule has 142 valence electrons. The minimum Gasteiger partial charge on any atom is -0.468 e. The number of hydrogen-bond donors (Lipinski definition) is 2. The molecule has 5 saturated heterocycles. The highest BCUT2D eigenvalue weighted by atomic mass is 16.6. The lowest BCUT2D eigenvalue weighted by Gasteiger charge is -2.66. The molecule has 6 aliphatic heterocycles. The normalized spacial score (nSPS) is 49.5. The van der Waals surface area contributed by atoms with E-state index in [1.807, 2.05) is 19.1 Å². The van der Waals surface area contributed by atoms with Crippen LogP contribution in [0.1, 0.15) is 25.3 Å². The topological polar surface area (TPSA) is 71.0 Å². The molecule has 2 N–H and O–H groups in total. The summed E-state index contributed by atoms with van der Waals surface area (Å²) < 4.78 is 11.5.